The minimum atomic E-state index is -0.0662. The fourth-order valence-electron chi connectivity index (χ4n) is 4.36. The van der Waals surface area contributed by atoms with E-state index in [1.807, 2.05) is 30.9 Å². The number of nitriles is 1. The third kappa shape index (κ3) is 3.85. The zero-order valence-electron chi connectivity index (χ0n) is 19.2. The van der Waals surface area contributed by atoms with E-state index < -0.39 is 0 Å². The molecule has 1 atom stereocenters. The molecule has 5 rings (SSSR count). The third-order valence-electron chi connectivity index (χ3n) is 5.88. The molecule has 34 heavy (non-hydrogen) atoms. The molecule has 0 aliphatic carbocycles. The molecule has 1 saturated heterocycles. The van der Waals surface area contributed by atoms with Crippen LogP contribution < -0.4 is 5.32 Å². The van der Waals surface area contributed by atoms with Gasteiger partial charge < -0.3 is 14.7 Å². The highest BCUT2D eigenvalue weighted by Crippen LogP contribution is 2.36. The smallest absolute Gasteiger partial charge is 0.220 e. The molecule has 0 spiro atoms. The molecule has 1 fully saturated rings. The van der Waals surface area contributed by atoms with Gasteiger partial charge >= 0.3 is 0 Å². The molecule has 1 amide bonds. The van der Waals surface area contributed by atoms with E-state index in [4.69, 9.17) is 9.78 Å². The largest absolute Gasteiger partial charge is 0.382 e. The van der Waals surface area contributed by atoms with Crippen molar-refractivity contribution >= 4 is 22.6 Å². The standard InChI is InChI=1S/C24H24N8O2/c1-14(2)29-19-9-23(32-24-17(12-28-32)7-16(10-25)11-27-24)26-13-18(19)22-8-20(30-34-22)21-5-4-6-31(21)15(3)33/h7-9,11-14,21H,4-6H2,1-3H3,(H,26,29)/t21-/m1/s1. The molecule has 0 radical (unpaired) electrons. The van der Waals surface area contributed by atoms with Crippen molar-refractivity contribution in [2.45, 2.75) is 45.7 Å². The number of nitrogens with zero attached hydrogens (tertiary/aromatic N) is 7. The van der Waals surface area contributed by atoms with Gasteiger partial charge in [-0.05, 0) is 32.8 Å². The lowest BCUT2D eigenvalue weighted by Gasteiger charge is -2.20. The maximum Gasteiger partial charge on any atom is 0.220 e. The number of carbonyl (C=O) groups is 1. The summed E-state index contributed by atoms with van der Waals surface area (Å²) < 4.78 is 7.35. The topological polar surface area (TPSA) is 126 Å². The second kappa shape index (κ2) is 8.59. The number of nitrogens with one attached hydrogen (secondary N) is 1. The molecule has 0 saturated carbocycles. The summed E-state index contributed by atoms with van der Waals surface area (Å²) in [6, 6.07) is 7.71. The summed E-state index contributed by atoms with van der Waals surface area (Å²) in [6.45, 7) is 6.42. The Bertz CT molecular complexity index is 1410. The van der Waals surface area contributed by atoms with Crippen LogP contribution in [0.2, 0.25) is 0 Å². The molecule has 4 aromatic rings. The highest BCUT2D eigenvalue weighted by Gasteiger charge is 2.31. The summed E-state index contributed by atoms with van der Waals surface area (Å²) in [5, 5.41) is 22.0. The number of hydrogen-bond donors (Lipinski definition) is 1. The van der Waals surface area contributed by atoms with Crippen molar-refractivity contribution in [1.29, 1.82) is 5.26 Å². The van der Waals surface area contributed by atoms with E-state index in [2.05, 4.69) is 31.6 Å². The highest BCUT2D eigenvalue weighted by atomic mass is 16.5. The number of amides is 1. The Balaban J connectivity index is 1.53. The Labute approximate surface area is 196 Å². The van der Waals surface area contributed by atoms with Crippen LogP contribution in [0.5, 0.6) is 0 Å². The second-order valence-corrected chi connectivity index (χ2v) is 8.68. The van der Waals surface area contributed by atoms with E-state index in [-0.39, 0.29) is 18.0 Å². The zero-order chi connectivity index (χ0) is 23.8. The van der Waals surface area contributed by atoms with E-state index in [0.717, 1.165) is 41.7 Å². The number of rotatable bonds is 5. The van der Waals surface area contributed by atoms with Crippen molar-refractivity contribution < 1.29 is 9.32 Å². The summed E-state index contributed by atoms with van der Waals surface area (Å²) in [5.41, 5.74) is 3.42. The molecule has 1 aliphatic rings. The van der Waals surface area contributed by atoms with Crippen LogP contribution >= 0.6 is 0 Å². The van der Waals surface area contributed by atoms with Gasteiger partial charge in [-0.25, -0.2) is 9.97 Å². The predicted octanol–water partition coefficient (Wildman–Crippen LogP) is 3.85. The Hall–Kier alpha value is -4.26. The van der Waals surface area contributed by atoms with E-state index in [1.165, 1.54) is 6.20 Å². The van der Waals surface area contributed by atoms with Crippen LogP contribution in [0.1, 0.15) is 50.9 Å². The van der Waals surface area contributed by atoms with E-state index in [1.54, 1.807) is 30.1 Å². The number of aromatic nitrogens is 5. The molecule has 1 aliphatic heterocycles. The van der Waals surface area contributed by atoms with Crippen molar-refractivity contribution in [3.63, 3.8) is 0 Å². The Kier molecular flexibility index (Phi) is 5.45. The van der Waals surface area contributed by atoms with E-state index in [0.29, 0.717) is 22.8 Å². The zero-order valence-corrected chi connectivity index (χ0v) is 19.2. The van der Waals surface area contributed by atoms with Crippen LogP contribution in [0.3, 0.4) is 0 Å². The molecule has 5 heterocycles. The molecule has 10 heteroatoms. The van der Waals surface area contributed by atoms with E-state index in [9.17, 15) is 4.79 Å². The quantitative estimate of drug-likeness (QED) is 0.480. The normalized spacial score (nSPS) is 15.7. The van der Waals surface area contributed by atoms with Gasteiger partial charge in [0.2, 0.25) is 5.91 Å². The van der Waals surface area contributed by atoms with Gasteiger partial charge in [-0.15, -0.1) is 0 Å². The van der Waals surface area contributed by atoms with Crippen LogP contribution in [0.4, 0.5) is 5.69 Å². The van der Waals surface area contributed by atoms with Gasteiger partial charge in [-0.3, -0.25) is 4.79 Å². The van der Waals surface area contributed by atoms with Crippen molar-refractivity contribution in [2.24, 2.45) is 0 Å². The van der Waals surface area contributed by atoms with Crippen LogP contribution in [0, 0.1) is 11.3 Å². The SMILES string of the molecule is CC(=O)N1CCC[C@@H]1c1cc(-c2cnc(-n3ncc4cc(C#N)cnc43)cc2NC(C)C)on1. The van der Waals surface area contributed by atoms with Gasteiger partial charge in [-0.2, -0.15) is 15.0 Å². The molecule has 172 valence electrons. The Morgan fingerprint density at radius 2 is 2.09 bits per heavy atom. The summed E-state index contributed by atoms with van der Waals surface area (Å²) in [6.07, 6.45) is 6.72. The molecule has 0 bridgehead atoms. The summed E-state index contributed by atoms with van der Waals surface area (Å²) in [7, 11) is 0. The van der Waals surface area contributed by atoms with Crippen molar-refractivity contribution in [3.05, 3.63) is 48.0 Å². The van der Waals surface area contributed by atoms with Gasteiger partial charge in [0.15, 0.2) is 17.2 Å². The minimum Gasteiger partial charge on any atom is -0.382 e. The van der Waals surface area contributed by atoms with Crippen LogP contribution in [-0.4, -0.2) is 48.3 Å². The average molecular weight is 457 g/mol. The van der Waals surface area contributed by atoms with Crippen molar-refractivity contribution in [2.75, 3.05) is 11.9 Å². The summed E-state index contributed by atoms with van der Waals surface area (Å²) in [5.74, 6) is 1.20. The fourth-order valence-corrected chi connectivity index (χ4v) is 4.36. The highest BCUT2D eigenvalue weighted by molar-refractivity contribution is 5.79. The first kappa shape index (κ1) is 21.6. The van der Waals surface area contributed by atoms with Crippen molar-refractivity contribution in [1.82, 2.24) is 29.8 Å². The lowest BCUT2D eigenvalue weighted by molar-refractivity contribution is -0.129. The van der Waals surface area contributed by atoms with E-state index >= 15 is 0 Å². The maximum absolute atomic E-state index is 12.0. The van der Waals surface area contributed by atoms with Gasteiger partial charge in [0, 0.05) is 49.4 Å². The number of carbonyl (C=O) groups excluding carboxylic acids is 1. The first-order chi connectivity index (χ1) is 16.4. The number of likely N-dealkylation sites (tertiary alicyclic amines) is 1. The number of pyridine rings is 2. The summed E-state index contributed by atoms with van der Waals surface area (Å²) in [4.78, 5) is 22.8. The monoisotopic (exact) mass is 456 g/mol. The second-order valence-electron chi connectivity index (χ2n) is 8.68. The lowest BCUT2D eigenvalue weighted by Crippen LogP contribution is -2.28. The predicted molar refractivity (Wildman–Crippen MR) is 125 cm³/mol. The molecule has 1 N–H and O–H groups in total. The molecular formula is C24H24N8O2. The molecular weight excluding hydrogens is 432 g/mol. The molecule has 4 aromatic heterocycles. The lowest BCUT2D eigenvalue weighted by atomic mass is 10.1. The molecule has 10 nitrogen and oxygen atoms in total. The van der Waals surface area contributed by atoms with Gasteiger partial charge in [0.25, 0.3) is 0 Å². The van der Waals surface area contributed by atoms with Crippen LogP contribution in [-0.2, 0) is 4.79 Å². The maximum atomic E-state index is 12.0. The Morgan fingerprint density at radius 1 is 1.24 bits per heavy atom. The number of fused-ring (bicyclic) bond motifs is 1. The number of anilines is 1. The van der Waals surface area contributed by atoms with Crippen LogP contribution in [0.15, 0.2) is 41.3 Å². The van der Waals surface area contributed by atoms with Crippen LogP contribution in [0.25, 0.3) is 28.2 Å². The molecule has 0 aromatic carbocycles. The molecule has 0 unspecified atom stereocenters. The van der Waals surface area contributed by atoms with Gasteiger partial charge in [0.05, 0.1) is 29.1 Å². The first-order valence-electron chi connectivity index (χ1n) is 11.2. The van der Waals surface area contributed by atoms with Gasteiger partial charge in [-0.1, -0.05) is 5.16 Å². The average Bonchev–Trinajstić information content (AvgIpc) is 3.57. The first-order valence-corrected chi connectivity index (χ1v) is 11.2. The van der Waals surface area contributed by atoms with Crippen molar-refractivity contribution in [3.8, 4) is 23.2 Å². The third-order valence-corrected chi connectivity index (χ3v) is 5.88. The fraction of sp³-hybridized carbons (Fsp3) is 0.333. The minimum absolute atomic E-state index is 0.0437. The summed E-state index contributed by atoms with van der Waals surface area (Å²) >= 11 is 0. The Morgan fingerprint density at radius 3 is 2.85 bits per heavy atom. The number of hydrogen-bond acceptors (Lipinski definition) is 8. The van der Waals surface area contributed by atoms with Gasteiger partial charge in [0.1, 0.15) is 11.8 Å².